The summed E-state index contributed by atoms with van der Waals surface area (Å²) in [5.41, 5.74) is 12.1. The average molecular weight is 800 g/mol. The number of hydrogen-bond acceptors (Lipinski definition) is 2. The van der Waals surface area contributed by atoms with Crippen LogP contribution < -0.4 is 0 Å². The van der Waals surface area contributed by atoms with Crippen LogP contribution in [0.2, 0.25) is 0 Å². The van der Waals surface area contributed by atoms with Gasteiger partial charge in [-0.2, -0.15) is 0 Å². The molecule has 15 rings (SSSR count). The van der Waals surface area contributed by atoms with Crippen LogP contribution in [-0.2, 0) is 0 Å². The highest BCUT2D eigenvalue weighted by Gasteiger charge is 2.27. The zero-order valence-corrected chi connectivity index (χ0v) is 33.8. The number of nitrogens with zero attached hydrogens (tertiary/aromatic N) is 5. The van der Waals surface area contributed by atoms with Gasteiger partial charge in [0.2, 0.25) is 5.95 Å². The van der Waals surface area contributed by atoms with Crippen molar-refractivity contribution in [2.45, 2.75) is 0 Å². The lowest BCUT2D eigenvalue weighted by atomic mass is 10.0. The summed E-state index contributed by atoms with van der Waals surface area (Å²) in [7, 11) is 0. The number of hydrogen-bond donors (Lipinski definition) is 0. The van der Waals surface area contributed by atoms with E-state index in [0.29, 0.717) is 5.95 Å². The van der Waals surface area contributed by atoms with Crippen molar-refractivity contribution in [3.8, 4) is 22.9 Å². The van der Waals surface area contributed by atoms with Gasteiger partial charge in [0.15, 0.2) is 0 Å². The van der Waals surface area contributed by atoms with Gasteiger partial charge in [-0.05, 0) is 70.8 Å². The Morgan fingerprint density at radius 2 is 0.937 bits per heavy atom. The van der Waals surface area contributed by atoms with Crippen LogP contribution >= 0.6 is 0 Å². The highest BCUT2D eigenvalue weighted by atomic mass is 15.2. The minimum absolute atomic E-state index is 0.648. The second-order valence-corrected chi connectivity index (χ2v) is 16.9. The molecule has 0 spiro atoms. The van der Waals surface area contributed by atoms with Crippen molar-refractivity contribution in [2.24, 2.45) is 0 Å². The van der Waals surface area contributed by atoms with Crippen molar-refractivity contribution in [3.05, 3.63) is 200 Å². The van der Waals surface area contributed by atoms with E-state index in [1.165, 1.54) is 86.7 Å². The molecule has 15 aromatic rings. The number of benzene rings is 10. The third-order valence-corrected chi connectivity index (χ3v) is 13.7. The van der Waals surface area contributed by atoms with Crippen molar-refractivity contribution in [3.63, 3.8) is 0 Å². The lowest BCUT2D eigenvalue weighted by Gasteiger charge is -2.13. The molecular formula is C58H33N5. The van der Waals surface area contributed by atoms with E-state index in [-0.39, 0.29) is 0 Å². The molecule has 0 bridgehead atoms. The molecule has 0 N–H and O–H groups in total. The van der Waals surface area contributed by atoms with Crippen LogP contribution in [0.25, 0.3) is 137 Å². The van der Waals surface area contributed by atoms with Gasteiger partial charge in [-0.15, -0.1) is 0 Å². The van der Waals surface area contributed by atoms with Crippen LogP contribution in [0.5, 0.6) is 0 Å². The molecule has 5 aromatic heterocycles. The molecule has 290 valence electrons. The second kappa shape index (κ2) is 12.1. The Bertz CT molecular complexity index is 4440. The molecule has 0 aliphatic carbocycles. The molecule has 0 aliphatic rings. The molecule has 5 heterocycles. The van der Waals surface area contributed by atoms with Crippen molar-refractivity contribution >= 4 is 114 Å². The van der Waals surface area contributed by atoms with Gasteiger partial charge >= 0.3 is 0 Å². The van der Waals surface area contributed by atoms with E-state index < -0.39 is 0 Å². The van der Waals surface area contributed by atoms with Crippen LogP contribution in [0.4, 0.5) is 0 Å². The van der Waals surface area contributed by atoms with Crippen molar-refractivity contribution in [2.75, 3.05) is 0 Å². The lowest BCUT2D eigenvalue weighted by Crippen LogP contribution is -2.04. The summed E-state index contributed by atoms with van der Waals surface area (Å²) < 4.78 is 7.26. The number of fused-ring (bicyclic) bond motifs is 17. The fourth-order valence-electron chi connectivity index (χ4n) is 11.1. The zero-order chi connectivity index (χ0) is 40.9. The summed E-state index contributed by atoms with van der Waals surface area (Å²) in [6.45, 7) is 0. The van der Waals surface area contributed by atoms with Gasteiger partial charge in [-0.25, -0.2) is 9.97 Å². The second-order valence-electron chi connectivity index (χ2n) is 16.9. The first-order chi connectivity index (χ1) is 31.3. The Balaban J connectivity index is 1.12. The molecule has 0 radical (unpaired) electrons. The highest BCUT2D eigenvalue weighted by Crippen LogP contribution is 2.48. The Morgan fingerprint density at radius 1 is 0.317 bits per heavy atom. The fraction of sp³-hybridized carbons (Fsp3) is 0. The van der Waals surface area contributed by atoms with E-state index >= 15 is 0 Å². The number of para-hydroxylation sites is 4. The predicted octanol–water partition coefficient (Wildman–Crippen LogP) is 14.9. The van der Waals surface area contributed by atoms with Crippen molar-refractivity contribution < 1.29 is 0 Å². The quantitative estimate of drug-likeness (QED) is 0.179. The molecule has 5 nitrogen and oxygen atoms in total. The normalized spacial score (nSPS) is 12.4. The molecule has 5 heteroatoms. The first kappa shape index (κ1) is 33.2. The number of rotatable bonds is 3. The van der Waals surface area contributed by atoms with Crippen LogP contribution in [-0.4, -0.2) is 23.5 Å². The molecule has 0 aliphatic heterocycles. The zero-order valence-electron chi connectivity index (χ0n) is 33.8. The van der Waals surface area contributed by atoms with E-state index in [1.807, 2.05) is 0 Å². The molecule has 0 amide bonds. The van der Waals surface area contributed by atoms with E-state index in [0.717, 1.165) is 44.4 Å². The molecular weight excluding hydrogens is 767 g/mol. The predicted molar refractivity (Wildman–Crippen MR) is 263 cm³/mol. The fourth-order valence-corrected chi connectivity index (χ4v) is 11.1. The SMILES string of the molecule is c1ccc(-n2c3ccccc3c3ccc(-c4nc(-n5c6cc7ccccc7cc6c6cc7c8ccccc8n8c9c%10ccccc%10ccc9c(c65)c78)nc5ccccc45)cc32)cc1. The van der Waals surface area contributed by atoms with E-state index in [1.54, 1.807) is 0 Å². The van der Waals surface area contributed by atoms with Gasteiger partial charge in [0.1, 0.15) is 0 Å². The number of aromatic nitrogens is 5. The maximum Gasteiger partial charge on any atom is 0.235 e. The molecule has 0 saturated heterocycles. The lowest BCUT2D eigenvalue weighted by molar-refractivity contribution is 1.02. The Morgan fingerprint density at radius 3 is 1.78 bits per heavy atom. The van der Waals surface area contributed by atoms with Crippen LogP contribution in [0.3, 0.4) is 0 Å². The van der Waals surface area contributed by atoms with Gasteiger partial charge in [-0.3, -0.25) is 4.57 Å². The summed E-state index contributed by atoms with van der Waals surface area (Å²) in [5.74, 6) is 0.648. The molecule has 0 unspecified atom stereocenters. The largest absolute Gasteiger partial charge is 0.309 e. The third-order valence-electron chi connectivity index (χ3n) is 13.7. The summed E-state index contributed by atoms with van der Waals surface area (Å²) in [6.07, 6.45) is 0. The first-order valence-corrected chi connectivity index (χ1v) is 21.6. The monoisotopic (exact) mass is 799 g/mol. The van der Waals surface area contributed by atoms with Crippen molar-refractivity contribution in [1.82, 2.24) is 23.5 Å². The van der Waals surface area contributed by atoms with Crippen molar-refractivity contribution in [1.29, 1.82) is 0 Å². The van der Waals surface area contributed by atoms with Gasteiger partial charge < -0.3 is 8.97 Å². The summed E-state index contributed by atoms with van der Waals surface area (Å²) in [5, 5.41) is 15.6. The summed E-state index contributed by atoms with van der Waals surface area (Å²) in [6, 6.07) is 72.8. The smallest absolute Gasteiger partial charge is 0.235 e. The van der Waals surface area contributed by atoms with Crippen LogP contribution in [0.15, 0.2) is 200 Å². The molecule has 63 heavy (non-hydrogen) atoms. The summed E-state index contributed by atoms with van der Waals surface area (Å²) >= 11 is 0. The molecule has 0 atom stereocenters. The van der Waals surface area contributed by atoms with Crippen LogP contribution in [0, 0.1) is 0 Å². The maximum absolute atomic E-state index is 5.71. The average Bonchev–Trinajstić information content (AvgIpc) is 4.07. The maximum atomic E-state index is 5.71. The first-order valence-electron chi connectivity index (χ1n) is 21.6. The van der Waals surface area contributed by atoms with Gasteiger partial charge in [-0.1, -0.05) is 146 Å². The highest BCUT2D eigenvalue weighted by molar-refractivity contribution is 6.36. The van der Waals surface area contributed by atoms with Gasteiger partial charge in [0.05, 0.1) is 49.8 Å². The Labute approximate surface area is 359 Å². The molecule has 0 saturated carbocycles. The topological polar surface area (TPSA) is 40.0 Å². The molecule has 10 aromatic carbocycles. The minimum Gasteiger partial charge on any atom is -0.309 e. The van der Waals surface area contributed by atoms with Gasteiger partial charge in [0, 0.05) is 65.1 Å². The third kappa shape index (κ3) is 4.35. The summed E-state index contributed by atoms with van der Waals surface area (Å²) in [4.78, 5) is 11.2. The Hall–Kier alpha value is -8.54. The van der Waals surface area contributed by atoms with Gasteiger partial charge in [0.25, 0.3) is 0 Å². The Kier molecular flexibility index (Phi) is 6.36. The van der Waals surface area contributed by atoms with Crippen LogP contribution in [0.1, 0.15) is 0 Å². The standard InChI is InChI=1S/C58H33N5/c1-2-17-38(18-3-1)61-49-24-12-9-20-40(49)42-28-27-37(32-51(42)61)54-43-22-8-11-23-48(43)59-58(60-54)63-52-31-36-16-5-4-15-35(36)30-45(52)47-33-46-41-21-10-13-25-50(41)62-55-39-19-7-6-14-34(39)26-29-44(55)53(56(46)62)57(47)63/h1-33H. The van der Waals surface area contributed by atoms with E-state index in [4.69, 9.17) is 9.97 Å². The molecule has 0 fully saturated rings. The van der Waals surface area contributed by atoms with E-state index in [2.05, 4.69) is 214 Å². The minimum atomic E-state index is 0.648. The van der Waals surface area contributed by atoms with E-state index in [9.17, 15) is 0 Å².